The molecule has 2 rings (SSSR count). The zero-order valence-corrected chi connectivity index (χ0v) is 9.04. The van der Waals surface area contributed by atoms with Gasteiger partial charge >= 0.3 is 0 Å². The van der Waals surface area contributed by atoms with Gasteiger partial charge in [-0.05, 0) is 23.8 Å². The van der Waals surface area contributed by atoms with Crippen LogP contribution in [0.5, 0.6) is 0 Å². The van der Waals surface area contributed by atoms with Crippen LogP contribution in [0.1, 0.15) is 39.2 Å². The Kier molecular flexibility index (Phi) is 2.17. The highest BCUT2D eigenvalue weighted by atomic mass is 15.1. The maximum absolute atomic E-state index is 4.30. The molecule has 1 aliphatic rings. The van der Waals surface area contributed by atoms with E-state index >= 15 is 0 Å². The second-order valence-electron chi connectivity index (χ2n) is 4.96. The highest BCUT2D eigenvalue weighted by Crippen LogP contribution is 2.24. The Labute approximate surface area is 85.0 Å². The van der Waals surface area contributed by atoms with E-state index in [9.17, 15) is 0 Å². The molecule has 1 N–H and O–H groups in total. The lowest BCUT2D eigenvalue weighted by atomic mass is 9.89. The van der Waals surface area contributed by atoms with Gasteiger partial charge in [0.2, 0.25) is 5.95 Å². The molecule has 0 unspecified atom stereocenters. The molecule has 76 valence electrons. The molecule has 1 aliphatic carbocycles. The summed E-state index contributed by atoms with van der Waals surface area (Å²) in [4.78, 5) is 8.61. The highest BCUT2D eigenvalue weighted by molar-refractivity contribution is 5.30. The highest BCUT2D eigenvalue weighted by Gasteiger charge is 2.22. The standard InChI is InChI=1S/C11H17N3/c1-11(2,3)8-6-12-10(13-7-8)14-9-4-5-9/h6-7,9H,4-5H2,1-3H3,(H,12,13,14). The maximum Gasteiger partial charge on any atom is 0.222 e. The predicted octanol–water partition coefficient (Wildman–Crippen LogP) is 2.35. The minimum absolute atomic E-state index is 0.137. The van der Waals surface area contributed by atoms with Gasteiger partial charge in [0.25, 0.3) is 0 Å². The van der Waals surface area contributed by atoms with Gasteiger partial charge in [-0.2, -0.15) is 0 Å². The minimum atomic E-state index is 0.137. The second kappa shape index (κ2) is 3.23. The maximum atomic E-state index is 4.30. The summed E-state index contributed by atoms with van der Waals surface area (Å²) in [5.41, 5.74) is 1.32. The van der Waals surface area contributed by atoms with Crippen LogP contribution >= 0.6 is 0 Å². The average molecular weight is 191 g/mol. The van der Waals surface area contributed by atoms with Crippen LogP contribution in [0.3, 0.4) is 0 Å². The molecule has 14 heavy (non-hydrogen) atoms. The first-order valence-corrected chi connectivity index (χ1v) is 5.15. The number of hydrogen-bond acceptors (Lipinski definition) is 3. The normalized spacial score (nSPS) is 16.8. The minimum Gasteiger partial charge on any atom is -0.351 e. The Balaban J connectivity index is 2.08. The summed E-state index contributed by atoms with van der Waals surface area (Å²) >= 11 is 0. The lowest BCUT2D eigenvalue weighted by Crippen LogP contribution is -2.13. The van der Waals surface area contributed by atoms with Crippen molar-refractivity contribution in [2.75, 3.05) is 5.32 Å². The lowest BCUT2D eigenvalue weighted by Gasteiger charge is -2.17. The lowest BCUT2D eigenvalue weighted by molar-refractivity contribution is 0.584. The van der Waals surface area contributed by atoms with E-state index in [0.29, 0.717) is 6.04 Å². The van der Waals surface area contributed by atoms with Gasteiger partial charge in [0.15, 0.2) is 0 Å². The monoisotopic (exact) mass is 191 g/mol. The molecule has 1 saturated carbocycles. The van der Waals surface area contributed by atoms with Crippen LogP contribution in [0.25, 0.3) is 0 Å². The third-order valence-corrected chi connectivity index (χ3v) is 2.43. The van der Waals surface area contributed by atoms with Crippen molar-refractivity contribution in [3.8, 4) is 0 Å². The molecule has 1 aromatic rings. The van der Waals surface area contributed by atoms with E-state index in [-0.39, 0.29) is 5.41 Å². The van der Waals surface area contributed by atoms with Crippen molar-refractivity contribution in [3.63, 3.8) is 0 Å². The SMILES string of the molecule is CC(C)(C)c1cnc(NC2CC2)nc1. The van der Waals surface area contributed by atoms with Crippen LogP contribution in [0.15, 0.2) is 12.4 Å². The van der Waals surface area contributed by atoms with Crippen LogP contribution in [0, 0.1) is 0 Å². The molecule has 1 heterocycles. The molecule has 0 saturated heterocycles. The Morgan fingerprint density at radius 3 is 2.21 bits per heavy atom. The summed E-state index contributed by atoms with van der Waals surface area (Å²) < 4.78 is 0. The van der Waals surface area contributed by atoms with E-state index in [0.717, 1.165) is 5.95 Å². The van der Waals surface area contributed by atoms with Gasteiger partial charge < -0.3 is 5.32 Å². The van der Waals surface area contributed by atoms with Crippen LogP contribution in [0.4, 0.5) is 5.95 Å². The fraction of sp³-hybridized carbons (Fsp3) is 0.636. The molecule has 3 heteroatoms. The molecule has 0 aliphatic heterocycles. The number of rotatable bonds is 2. The van der Waals surface area contributed by atoms with Crippen molar-refractivity contribution < 1.29 is 0 Å². The summed E-state index contributed by atoms with van der Waals surface area (Å²) in [5.74, 6) is 0.764. The fourth-order valence-corrected chi connectivity index (χ4v) is 1.20. The van der Waals surface area contributed by atoms with E-state index in [4.69, 9.17) is 0 Å². The van der Waals surface area contributed by atoms with Gasteiger partial charge in [0.05, 0.1) is 0 Å². The Morgan fingerprint density at radius 2 is 1.79 bits per heavy atom. The van der Waals surface area contributed by atoms with E-state index in [2.05, 4.69) is 36.1 Å². The van der Waals surface area contributed by atoms with Crippen molar-refractivity contribution in [2.45, 2.75) is 45.1 Å². The molecule has 3 nitrogen and oxygen atoms in total. The Hall–Kier alpha value is -1.12. The fourth-order valence-electron chi connectivity index (χ4n) is 1.20. The number of nitrogens with zero attached hydrogens (tertiary/aromatic N) is 2. The van der Waals surface area contributed by atoms with Crippen molar-refractivity contribution in [3.05, 3.63) is 18.0 Å². The Morgan fingerprint density at radius 1 is 1.21 bits per heavy atom. The smallest absolute Gasteiger partial charge is 0.222 e. The molecular weight excluding hydrogens is 174 g/mol. The van der Waals surface area contributed by atoms with E-state index in [1.807, 2.05) is 12.4 Å². The number of hydrogen-bond donors (Lipinski definition) is 1. The zero-order valence-electron chi connectivity index (χ0n) is 9.04. The molecule has 1 aromatic heterocycles. The zero-order chi connectivity index (χ0) is 10.2. The molecular formula is C11H17N3. The van der Waals surface area contributed by atoms with E-state index < -0.39 is 0 Å². The predicted molar refractivity (Wildman–Crippen MR) is 57.4 cm³/mol. The Bertz CT molecular complexity index is 306. The number of aromatic nitrogens is 2. The summed E-state index contributed by atoms with van der Waals surface area (Å²) in [7, 11) is 0. The molecule has 0 aromatic carbocycles. The summed E-state index contributed by atoms with van der Waals surface area (Å²) in [6.45, 7) is 6.50. The first kappa shape index (κ1) is 9.44. The van der Waals surface area contributed by atoms with Crippen LogP contribution in [-0.2, 0) is 5.41 Å². The van der Waals surface area contributed by atoms with Gasteiger partial charge in [-0.15, -0.1) is 0 Å². The quantitative estimate of drug-likeness (QED) is 0.779. The third-order valence-electron chi connectivity index (χ3n) is 2.43. The first-order valence-electron chi connectivity index (χ1n) is 5.15. The van der Waals surface area contributed by atoms with E-state index in [1.165, 1.54) is 18.4 Å². The van der Waals surface area contributed by atoms with Gasteiger partial charge in [0.1, 0.15) is 0 Å². The van der Waals surface area contributed by atoms with E-state index in [1.54, 1.807) is 0 Å². The molecule has 0 amide bonds. The van der Waals surface area contributed by atoms with Gasteiger partial charge in [-0.25, -0.2) is 9.97 Å². The van der Waals surface area contributed by atoms with Crippen LogP contribution in [-0.4, -0.2) is 16.0 Å². The molecule has 0 bridgehead atoms. The topological polar surface area (TPSA) is 37.8 Å². The van der Waals surface area contributed by atoms with Crippen LogP contribution < -0.4 is 5.32 Å². The molecule has 0 radical (unpaired) electrons. The first-order chi connectivity index (χ1) is 6.55. The van der Waals surface area contributed by atoms with Gasteiger partial charge in [-0.1, -0.05) is 20.8 Å². The van der Waals surface area contributed by atoms with Crippen LogP contribution in [0.2, 0.25) is 0 Å². The summed E-state index contributed by atoms with van der Waals surface area (Å²) in [6.07, 6.45) is 6.34. The summed E-state index contributed by atoms with van der Waals surface area (Å²) in [5, 5.41) is 3.27. The molecule has 0 atom stereocenters. The molecule has 0 spiro atoms. The van der Waals surface area contributed by atoms with Crippen molar-refractivity contribution in [1.29, 1.82) is 0 Å². The van der Waals surface area contributed by atoms with Crippen molar-refractivity contribution >= 4 is 5.95 Å². The largest absolute Gasteiger partial charge is 0.351 e. The average Bonchev–Trinajstić information content (AvgIpc) is 2.88. The molecule has 1 fully saturated rings. The van der Waals surface area contributed by atoms with Gasteiger partial charge in [0, 0.05) is 18.4 Å². The number of nitrogens with one attached hydrogen (secondary N) is 1. The third kappa shape index (κ3) is 2.22. The van der Waals surface area contributed by atoms with Crippen molar-refractivity contribution in [2.24, 2.45) is 0 Å². The van der Waals surface area contributed by atoms with Gasteiger partial charge in [-0.3, -0.25) is 0 Å². The number of anilines is 1. The summed E-state index contributed by atoms with van der Waals surface area (Å²) in [6, 6.07) is 0.621. The second-order valence-corrected chi connectivity index (χ2v) is 4.96. The van der Waals surface area contributed by atoms with Crippen molar-refractivity contribution in [1.82, 2.24) is 9.97 Å².